The fraction of sp³-hybridized carbons (Fsp3) is 0. The Labute approximate surface area is 790 Å². The van der Waals surface area contributed by atoms with Crippen LogP contribution in [-0.2, 0) is 0 Å². The lowest BCUT2D eigenvalue weighted by molar-refractivity contribution is 1.18. The number of para-hydroxylation sites is 8. The van der Waals surface area contributed by atoms with Crippen molar-refractivity contribution < 1.29 is 0 Å². The summed E-state index contributed by atoms with van der Waals surface area (Å²) in [4.78, 5) is 0. The lowest BCUT2D eigenvalue weighted by Gasteiger charge is -2.35. The average molecular weight is 1790 g/mol. The first-order valence-electron chi connectivity index (χ1n) is 46.2. The van der Waals surface area contributed by atoms with E-state index < -0.39 is 8.07 Å². The van der Waals surface area contributed by atoms with Crippen molar-refractivity contribution >= 4 is 232 Å². The zero-order valence-electron chi connectivity index (χ0n) is 73.2. The zero-order chi connectivity index (χ0) is 88.8. The summed E-state index contributed by atoms with van der Waals surface area (Å²) < 4.78 is 20.1. The lowest BCUT2D eigenvalue weighted by Crippen LogP contribution is -2.74. The van der Waals surface area contributed by atoms with Gasteiger partial charge >= 0.3 is 0 Å². The molecule has 0 fully saturated rings. The van der Waals surface area contributed by atoms with Crippen LogP contribution in [0.25, 0.3) is 220 Å². The van der Waals surface area contributed by atoms with Crippen molar-refractivity contribution in [3.63, 3.8) is 0 Å². The molecule has 5 nitrogen and oxygen atoms in total. The van der Waals surface area contributed by atoms with E-state index in [0.717, 1.165) is 0 Å². The Bertz CT molecular complexity index is 9690. The topological polar surface area (TPSA) is 24.6 Å². The van der Waals surface area contributed by atoms with E-state index >= 15 is 0 Å². The van der Waals surface area contributed by atoms with Crippen molar-refractivity contribution in [1.29, 1.82) is 0 Å². The fourth-order valence-electron chi connectivity index (χ4n) is 22.1. The molecule has 29 rings (SSSR count). The van der Waals surface area contributed by atoms with E-state index in [1.54, 1.807) is 0 Å². The molecule has 0 atom stereocenters. The van der Waals surface area contributed by atoms with Gasteiger partial charge in [-0.3, -0.25) is 0 Å². The van der Waals surface area contributed by atoms with Gasteiger partial charge < -0.3 is 22.8 Å². The molecule has 8 aromatic heterocycles. The van der Waals surface area contributed by atoms with Crippen LogP contribution in [0.15, 0.2) is 491 Å². The second kappa shape index (κ2) is 31.9. The van der Waals surface area contributed by atoms with Gasteiger partial charge in [-0.2, -0.15) is 0 Å². The predicted molar refractivity (Wildman–Crippen MR) is 584 cm³/mol. The molecule has 0 spiro atoms. The summed E-state index contributed by atoms with van der Waals surface area (Å²) in [5.41, 5.74) is 23.2. The second-order valence-corrected chi connectivity index (χ2v) is 42.2. The van der Waals surface area contributed by atoms with E-state index in [4.69, 9.17) is 0 Å². The van der Waals surface area contributed by atoms with Gasteiger partial charge in [0.25, 0.3) is 0 Å². The number of hydrogen-bond donors (Lipinski definition) is 0. The van der Waals surface area contributed by atoms with Gasteiger partial charge in [-0.05, 0) is 207 Å². The lowest BCUT2D eigenvalue weighted by atomic mass is 10.0. The number of hydrogen-bond acceptors (Lipinski definition) is 3. The Kier molecular flexibility index (Phi) is 18.5. The molecular weight excluding hydrogens is 1710 g/mol. The second-order valence-electron chi connectivity index (χ2n) is 35.2. The van der Waals surface area contributed by atoms with Crippen LogP contribution < -0.4 is 20.7 Å². The largest absolute Gasteiger partial charge is 0.309 e. The minimum absolute atomic E-state index is 1.18. The normalized spacial score (nSPS) is 12.0. The van der Waals surface area contributed by atoms with Crippen LogP contribution in [0.5, 0.6) is 0 Å². The van der Waals surface area contributed by atoms with E-state index in [9.17, 15) is 0 Å². The number of benzene rings is 21. The van der Waals surface area contributed by atoms with Crippen LogP contribution in [0.2, 0.25) is 0 Å². The first-order chi connectivity index (χ1) is 67.0. The highest BCUT2D eigenvalue weighted by atomic mass is 32.1. The molecular formula is C126H81N5S3Si. The molecule has 29 aromatic rings. The van der Waals surface area contributed by atoms with Gasteiger partial charge in [0.2, 0.25) is 0 Å². The van der Waals surface area contributed by atoms with Crippen molar-refractivity contribution in [2.24, 2.45) is 0 Å². The van der Waals surface area contributed by atoms with Crippen LogP contribution in [0.3, 0.4) is 0 Å². The van der Waals surface area contributed by atoms with Gasteiger partial charge in [-0.25, -0.2) is 0 Å². The molecule has 0 saturated carbocycles. The number of fused-ring (bicyclic) bond motifs is 24. The first kappa shape index (κ1) is 78.4. The van der Waals surface area contributed by atoms with Gasteiger partial charge in [0.05, 0.1) is 65.6 Å². The number of nitrogens with zero attached hydrogens (tertiary/aromatic N) is 5. The third-order valence-corrected chi connectivity index (χ3v) is 36.5. The third-order valence-electron chi connectivity index (χ3n) is 28.0. The minimum atomic E-state index is -2.81. The molecule has 0 aliphatic carbocycles. The summed E-state index contributed by atoms with van der Waals surface area (Å²) in [6.45, 7) is 0. The molecule has 9 heteroatoms. The first-order valence-corrected chi connectivity index (χ1v) is 50.6. The van der Waals surface area contributed by atoms with Gasteiger partial charge in [-0.1, -0.05) is 328 Å². The van der Waals surface area contributed by atoms with E-state index in [0.29, 0.717) is 0 Å². The minimum Gasteiger partial charge on any atom is -0.309 e. The van der Waals surface area contributed by atoms with Crippen molar-refractivity contribution in [3.05, 3.63) is 491 Å². The summed E-state index contributed by atoms with van der Waals surface area (Å²) in [6, 6.07) is 181. The van der Waals surface area contributed by atoms with Gasteiger partial charge in [0.1, 0.15) is 0 Å². The van der Waals surface area contributed by atoms with E-state index in [2.05, 4.69) is 514 Å². The van der Waals surface area contributed by atoms with E-state index in [1.807, 2.05) is 34.0 Å². The van der Waals surface area contributed by atoms with Gasteiger partial charge in [-0.15, -0.1) is 34.0 Å². The molecule has 0 aliphatic heterocycles. The Morgan fingerprint density at radius 3 is 0.867 bits per heavy atom. The van der Waals surface area contributed by atoms with Crippen LogP contribution in [0, 0.1) is 0 Å². The van der Waals surface area contributed by atoms with Crippen LogP contribution in [-0.4, -0.2) is 30.9 Å². The van der Waals surface area contributed by atoms with Gasteiger partial charge in [0, 0.05) is 132 Å². The molecule has 0 aliphatic rings. The predicted octanol–water partition coefficient (Wildman–Crippen LogP) is 32.4. The molecule has 632 valence electrons. The van der Waals surface area contributed by atoms with Crippen molar-refractivity contribution in [1.82, 2.24) is 22.8 Å². The Hall–Kier alpha value is -16.5. The number of aromatic nitrogens is 5. The molecule has 0 radical (unpaired) electrons. The van der Waals surface area contributed by atoms with Gasteiger partial charge in [0.15, 0.2) is 8.07 Å². The molecule has 21 aromatic carbocycles. The molecule has 0 bridgehead atoms. The van der Waals surface area contributed by atoms with E-state index in [-0.39, 0.29) is 0 Å². The maximum atomic E-state index is 2.48. The van der Waals surface area contributed by atoms with Crippen LogP contribution in [0.4, 0.5) is 0 Å². The Morgan fingerprint density at radius 1 is 0.148 bits per heavy atom. The highest BCUT2D eigenvalue weighted by molar-refractivity contribution is 7.31. The maximum Gasteiger partial charge on any atom is 0.181 e. The monoisotopic (exact) mass is 1790 g/mol. The highest BCUT2D eigenvalue weighted by Crippen LogP contribution is 2.47. The Morgan fingerprint density at radius 2 is 0.430 bits per heavy atom. The van der Waals surface area contributed by atoms with Crippen molar-refractivity contribution in [3.8, 4) is 50.7 Å². The summed E-state index contributed by atoms with van der Waals surface area (Å²) in [5, 5.41) is 26.3. The van der Waals surface area contributed by atoms with Crippen molar-refractivity contribution in [2.75, 3.05) is 0 Å². The molecule has 135 heavy (non-hydrogen) atoms. The summed E-state index contributed by atoms with van der Waals surface area (Å²) in [7, 11) is -2.81. The van der Waals surface area contributed by atoms with Crippen LogP contribution in [0.1, 0.15) is 0 Å². The highest BCUT2D eigenvalue weighted by Gasteiger charge is 2.43. The molecule has 8 heterocycles. The Balaban J connectivity index is 0.000000103. The molecule has 0 N–H and O–H groups in total. The zero-order valence-corrected chi connectivity index (χ0v) is 76.7. The van der Waals surface area contributed by atoms with Crippen molar-refractivity contribution in [2.45, 2.75) is 0 Å². The smallest absolute Gasteiger partial charge is 0.181 e. The average Bonchev–Trinajstić information content (AvgIpc) is 1.70. The molecule has 0 amide bonds. The summed E-state index contributed by atoms with van der Waals surface area (Å²) in [5.74, 6) is 0. The van der Waals surface area contributed by atoms with Crippen LogP contribution >= 0.6 is 34.0 Å². The quantitative estimate of drug-likeness (QED) is 0.0911. The summed E-state index contributed by atoms with van der Waals surface area (Å²) >= 11 is 5.68. The SMILES string of the molecule is c1ccc(-n2c3ccccc3c3cc(-c4ccc5c(c4)c4ccccc4n5-c4ccc5sc6ccccc6c5c4)ccc32)cc1.c1ccc(-n2c3ccccc3c3cc(-c4ccc5c(c4)c4ccccc4n5-c4cccc5c4sc4ccccc45)ccc32)cc1.c1ccc([Si](c2ccccc2)(c2cccc(-n3c4ccccc4c4ccccc43)c2)c2cccc3c2sc2ccccc23)cc1. The number of rotatable bonds is 11. The fourth-order valence-corrected chi connectivity index (χ4v) is 31.0. The molecule has 0 unspecified atom stereocenters. The standard InChI is InChI=1S/2C42H26N2S.C42H29NSSi/c1-2-11-29(12-3-1)43-36-17-7-4-13-30(36)34-25-27(21-23-38(34)43)28-22-24-39-35(26-28)31-14-5-8-18-37(31)44(39)40-19-10-16-33-32-15-6-9-20-41(32)45-42(33)40;1-2-10-29(11-3-1)43-37-15-7-4-12-31(37)34-24-27(18-21-39(34)43)28-19-22-40-35(25-28)32-13-5-8-16-38(32)44(40)30-20-23-42-36(26-30)33-14-6-9-17-41(33)45-42;1-3-16-31(17-4-1)45(32-18-5-2-6-19-32,41-28-14-24-37-36-23-9-12-27-40(36)44-42(37)41)33-20-13-15-30(29-33)43-38-25-10-7-21-34(38)35-22-8-11-26-39(35)43/h2*1-26H;1-29H. The molecule has 0 saturated heterocycles. The third kappa shape index (κ3) is 12.5. The van der Waals surface area contributed by atoms with E-state index in [1.165, 1.54) is 241 Å². The summed E-state index contributed by atoms with van der Waals surface area (Å²) in [6.07, 6.45) is 0. The number of thiophene rings is 3. The maximum absolute atomic E-state index is 2.81.